The van der Waals surface area contributed by atoms with Gasteiger partial charge in [0.25, 0.3) is 0 Å². The van der Waals surface area contributed by atoms with Crippen LogP contribution < -0.4 is 10.6 Å². The Kier molecular flexibility index (Phi) is 5.68. The number of aliphatic hydroxyl groups excluding tert-OH is 1. The lowest BCUT2D eigenvalue weighted by molar-refractivity contribution is 0.112. The first-order valence-corrected chi connectivity index (χ1v) is 10.1. The van der Waals surface area contributed by atoms with E-state index in [9.17, 15) is 9.90 Å². The number of hydrogen-bond acceptors (Lipinski definition) is 6. The lowest BCUT2D eigenvalue weighted by Crippen LogP contribution is -2.29. The van der Waals surface area contributed by atoms with Gasteiger partial charge >= 0.3 is 6.03 Å². The molecule has 0 aliphatic carbocycles. The Morgan fingerprint density at radius 3 is 3.00 bits per heavy atom. The summed E-state index contributed by atoms with van der Waals surface area (Å²) in [6.45, 7) is 4.12. The fraction of sp³-hybridized carbons (Fsp3) is 0.474. The number of hydrogen-bond donors (Lipinski definition) is 3. The van der Waals surface area contributed by atoms with Crippen LogP contribution in [-0.2, 0) is 30.9 Å². The first-order valence-electron chi connectivity index (χ1n) is 9.26. The van der Waals surface area contributed by atoms with Crippen molar-refractivity contribution in [2.24, 2.45) is 0 Å². The molecule has 144 valence electrons. The van der Waals surface area contributed by atoms with Gasteiger partial charge in [-0.2, -0.15) is 0 Å². The molecule has 0 spiro atoms. The van der Waals surface area contributed by atoms with Crippen LogP contribution in [0.15, 0.2) is 24.3 Å². The molecule has 1 saturated heterocycles. The van der Waals surface area contributed by atoms with E-state index in [0.29, 0.717) is 31.4 Å². The van der Waals surface area contributed by atoms with Gasteiger partial charge in [-0.3, -0.25) is 10.2 Å². The molecule has 3 heterocycles. The number of aromatic nitrogens is 1. The lowest BCUT2D eigenvalue weighted by atomic mass is 10.1. The second-order valence-electron chi connectivity index (χ2n) is 6.95. The molecule has 7 nitrogen and oxygen atoms in total. The molecule has 1 aromatic heterocycles. The van der Waals surface area contributed by atoms with Crippen LogP contribution in [0.5, 0.6) is 0 Å². The number of amides is 2. The molecule has 0 bridgehead atoms. The number of urea groups is 1. The highest BCUT2D eigenvalue weighted by Crippen LogP contribution is 2.27. The normalized spacial score (nSPS) is 19.7. The molecule has 1 aromatic carbocycles. The SMILES string of the molecule is O=C(NCc1ccccc1CN1CCC(O)C1)Nc1nc2c(s1)COCC2. The summed E-state index contributed by atoms with van der Waals surface area (Å²) in [6.07, 6.45) is 1.40. The van der Waals surface area contributed by atoms with Crippen LogP contribution in [0.4, 0.5) is 9.93 Å². The summed E-state index contributed by atoms with van der Waals surface area (Å²) in [5.74, 6) is 0. The van der Waals surface area contributed by atoms with Gasteiger partial charge in [0, 0.05) is 32.6 Å². The van der Waals surface area contributed by atoms with Crippen LogP contribution in [0.2, 0.25) is 0 Å². The summed E-state index contributed by atoms with van der Waals surface area (Å²) in [6, 6.07) is 7.84. The zero-order valence-corrected chi connectivity index (χ0v) is 15.9. The van der Waals surface area contributed by atoms with Crippen molar-refractivity contribution in [1.82, 2.24) is 15.2 Å². The third-order valence-electron chi connectivity index (χ3n) is 4.91. The van der Waals surface area contributed by atoms with Crippen molar-refractivity contribution in [2.45, 2.75) is 38.6 Å². The van der Waals surface area contributed by atoms with Gasteiger partial charge in [-0.15, -0.1) is 0 Å². The third-order valence-corrected chi connectivity index (χ3v) is 5.90. The van der Waals surface area contributed by atoms with Gasteiger partial charge in [-0.1, -0.05) is 35.6 Å². The zero-order chi connectivity index (χ0) is 18.6. The summed E-state index contributed by atoms with van der Waals surface area (Å²) in [4.78, 5) is 20.1. The highest BCUT2D eigenvalue weighted by Gasteiger charge is 2.21. The third kappa shape index (κ3) is 4.65. The monoisotopic (exact) mass is 388 g/mol. The van der Waals surface area contributed by atoms with E-state index in [0.717, 1.165) is 42.1 Å². The number of carbonyl (C=O) groups is 1. The zero-order valence-electron chi connectivity index (χ0n) is 15.1. The molecule has 2 amide bonds. The Morgan fingerprint density at radius 2 is 2.22 bits per heavy atom. The van der Waals surface area contributed by atoms with E-state index < -0.39 is 0 Å². The number of β-amino-alcohol motifs (C(OH)–C–C–N with tert-alkyl or cyclic N) is 1. The fourth-order valence-electron chi connectivity index (χ4n) is 3.48. The van der Waals surface area contributed by atoms with Gasteiger partial charge in [0.1, 0.15) is 0 Å². The van der Waals surface area contributed by atoms with E-state index in [4.69, 9.17) is 4.74 Å². The Hall–Kier alpha value is -2.00. The fourth-order valence-corrected chi connectivity index (χ4v) is 4.42. The van der Waals surface area contributed by atoms with Crippen LogP contribution in [0.1, 0.15) is 28.1 Å². The molecule has 1 fully saturated rings. The number of aliphatic hydroxyl groups is 1. The highest BCUT2D eigenvalue weighted by atomic mass is 32.1. The van der Waals surface area contributed by atoms with Crippen LogP contribution in [0.25, 0.3) is 0 Å². The van der Waals surface area contributed by atoms with Crippen molar-refractivity contribution in [1.29, 1.82) is 0 Å². The van der Waals surface area contributed by atoms with Gasteiger partial charge in [0.15, 0.2) is 5.13 Å². The quantitative estimate of drug-likeness (QED) is 0.730. The molecule has 2 aromatic rings. The standard InChI is InChI=1S/C19H24N4O3S/c24-15-5-7-23(11-15)10-14-4-2-1-3-13(14)9-20-18(25)22-19-21-16-6-8-26-12-17(16)27-19/h1-4,15,24H,5-12H2,(H2,20,21,22,25). The van der Waals surface area contributed by atoms with Gasteiger partial charge in [-0.05, 0) is 17.5 Å². The summed E-state index contributed by atoms with van der Waals surface area (Å²) < 4.78 is 5.42. The second-order valence-corrected chi connectivity index (χ2v) is 8.03. The Balaban J connectivity index is 1.33. The van der Waals surface area contributed by atoms with Crippen molar-refractivity contribution in [3.63, 3.8) is 0 Å². The van der Waals surface area contributed by atoms with Crippen LogP contribution >= 0.6 is 11.3 Å². The van der Waals surface area contributed by atoms with Gasteiger partial charge in [-0.25, -0.2) is 9.78 Å². The van der Waals surface area contributed by atoms with Crippen LogP contribution in [-0.4, -0.2) is 46.8 Å². The number of anilines is 1. The van der Waals surface area contributed by atoms with E-state index in [2.05, 4.69) is 26.6 Å². The summed E-state index contributed by atoms with van der Waals surface area (Å²) in [5.41, 5.74) is 3.29. The van der Waals surface area contributed by atoms with E-state index in [-0.39, 0.29) is 12.1 Å². The molecular weight excluding hydrogens is 364 g/mol. The largest absolute Gasteiger partial charge is 0.392 e. The van der Waals surface area contributed by atoms with Crippen LogP contribution in [0.3, 0.4) is 0 Å². The van der Waals surface area contributed by atoms with E-state index in [1.165, 1.54) is 16.9 Å². The van der Waals surface area contributed by atoms with E-state index >= 15 is 0 Å². The average molecular weight is 388 g/mol. The molecule has 0 saturated carbocycles. The second kappa shape index (κ2) is 8.35. The molecule has 1 atom stereocenters. The minimum atomic E-state index is -0.256. The summed E-state index contributed by atoms with van der Waals surface area (Å²) in [5, 5.41) is 16.1. The molecule has 3 N–H and O–H groups in total. The summed E-state index contributed by atoms with van der Waals surface area (Å²) in [7, 11) is 0. The number of carbonyl (C=O) groups excluding carboxylic acids is 1. The van der Waals surface area contributed by atoms with Crippen molar-refractivity contribution in [2.75, 3.05) is 25.0 Å². The van der Waals surface area contributed by atoms with Crippen molar-refractivity contribution >= 4 is 22.5 Å². The molecule has 1 unspecified atom stereocenters. The van der Waals surface area contributed by atoms with E-state index in [1.54, 1.807) is 0 Å². The van der Waals surface area contributed by atoms with Gasteiger partial charge < -0.3 is 15.2 Å². The maximum Gasteiger partial charge on any atom is 0.321 e. The maximum atomic E-state index is 12.3. The lowest BCUT2D eigenvalue weighted by Gasteiger charge is -2.18. The topological polar surface area (TPSA) is 86.7 Å². The minimum Gasteiger partial charge on any atom is -0.392 e. The number of rotatable bonds is 5. The van der Waals surface area contributed by atoms with Crippen LogP contribution in [0, 0.1) is 0 Å². The molecule has 2 aliphatic heterocycles. The number of benzene rings is 1. The Morgan fingerprint density at radius 1 is 1.37 bits per heavy atom. The van der Waals surface area contributed by atoms with Gasteiger partial charge in [0.05, 0.1) is 29.9 Å². The first-order chi connectivity index (χ1) is 13.2. The summed E-state index contributed by atoms with van der Waals surface area (Å²) >= 11 is 1.47. The highest BCUT2D eigenvalue weighted by molar-refractivity contribution is 7.15. The predicted molar refractivity (Wildman–Crippen MR) is 104 cm³/mol. The molecule has 27 heavy (non-hydrogen) atoms. The Bertz CT molecular complexity index is 787. The number of nitrogens with one attached hydrogen (secondary N) is 2. The number of nitrogens with zero attached hydrogens (tertiary/aromatic N) is 2. The molecule has 4 rings (SSSR count). The average Bonchev–Trinajstić information content (AvgIpc) is 3.26. The van der Waals surface area contributed by atoms with Crippen molar-refractivity contribution < 1.29 is 14.6 Å². The predicted octanol–water partition coefficient (Wildman–Crippen LogP) is 2.10. The minimum absolute atomic E-state index is 0.226. The molecule has 8 heteroatoms. The van der Waals surface area contributed by atoms with Crippen molar-refractivity contribution in [3.8, 4) is 0 Å². The molecule has 0 radical (unpaired) electrons. The number of likely N-dealkylation sites (tertiary alicyclic amines) is 1. The Labute approximate surface area is 162 Å². The van der Waals surface area contributed by atoms with Gasteiger partial charge in [0.2, 0.25) is 0 Å². The van der Waals surface area contributed by atoms with Crippen molar-refractivity contribution in [3.05, 3.63) is 46.0 Å². The maximum absolute atomic E-state index is 12.3. The number of fused-ring (bicyclic) bond motifs is 1. The molecule has 2 aliphatic rings. The first kappa shape index (κ1) is 18.4. The molecular formula is C19H24N4O3S. The van der Waals surface area contributed by atoms with E-state index in [1.807, 2.05) is 18.2 Å². The smallest absolute Gasteiger partial charge is 0.321 e. The number of thiazole rings is 1. The number of ether oxygens (including phenoxy) is 1.